The van der Waals surface area contributed by atoms with Gasteiger partial charge in [0, 0.05) is 23.3 Å². The fourth-order valence-corrected chi connectivity index (χ4v) is 3.35. The second-order valence-electron chi connectivity index (χ2n) is 5.18. The predicted molar refractivity (Wildman–Crippen MR) is 82.2 cm³/mol. The Morgan fingerprint density at radius 1 is 1.24 bits per heavy atom. The van der Waals surface area contributed by atoms with Crippen molar-refractivity contribution in [3.63, 3.8) is 0 Å². The number of aryl methyl sites for hydroxylation is 2. The van der Waals surface area contributed by atoms with Gasteiger partial charge in [-0.1, -0.05) is 6.07 Å². The molecule has 0 fully saturated rings. The van der Waals surface area contributed by atoms with Crippen LogP contribution in [0.5, 0.6) is 11.5 Å². The minimum atomic E-state index is 0.0505. The van der Waals surface area contributed by atoms with Crippen LogP contribution >= 0.6 is 11.3 Å². The van der Waals surface area contributed by atoms with Crippen molar-refractivity contribution in [2.45, 2.75) is 20.4 Å². The molecule has 21 heavy (non-hydrogen) atoms. The number of hydrogen-bond acceptors (Lipinski definition) is 4. The van der Waals surface area contributed by atoms with E-state index in [4.69, 9.17) is 9.47 Å². The zero-order valence-electron chi connectivity index (χ0n) is 12.3. The van der Waals surface area contributed by atoms with E-state index in [9.17, 15) is 4.79 Å². The number of benzene rings is 1. The first-order valence-corrected chi connectivity index (χ1v) is 7.57. The van der Waals surface area contributed by atoms with Gasteiger partial charge in [0.25, 0.3) is 5.91 Å². The third kappa shape index (κ3) is 2.74. The molecule has 1 aliphatic rings. The summed E-state index contributed by atoms with van der Waals surface area (Å²) in [4.78, 5) is 16.4. The van der Waals surface area contributed by atoms with Gasteiger partial charge >= 0.3 is 0 Å². The molecule has 0 N–H and O–H groups in total. The number of fused-ring (bicyclic) bond motifs is 1. The predicted octanol–water partition coefficient (Wildman–Crippen LogP) is 3.37. The fraction of sp³-hybridized carbons (Fsp3) is 0.312. The van der Waals surface area contributed by atoms with Crippen LogP contribution in [0.3, 0.4) is 0 Å². The van der Waals surface area contributed by atoms with E-state index in [1.54, 1.807) is 16.2 Å². The Balaban J connectivity index is 1.75. The third-order valence-corrected chi connectivity index (χ3v) is 4.44. The Hall–Kier alpha value is -2.01. The Bertz CT molecular complexity index is 693. The number of hydrogen-bond donors (Lipinski definition) is 0. The van der Waals surface area contributed by atoms with Crippen molar-refractivity contribution in [1.82, 2.24) is 4.90 Å². The highest BCUT2D eigenvalue weighted by atomic mass is 32.1. The maximum absolute atomic E-state index is 12.5. The molecule has 0 atom stereocenters. The number of carbonyl (C=O) groups is 1. The molecular formula is C16H17NO3S. The van der Waals surface area contributed by atoms with Crippen molar-refractivity contribution in [2.75, 3.05) is 13.8 Å². The van der Waals surface area contributed by atoms with Gasteiger partial charge in [0.15, 0.2) is 11.5 Å². The Labute approximate surface area is 127 Å². The highest BCUT2D eigenvalue weighted by Crippen LogP contribution is 2.33. The van der Waals surface area contributed by atoms with Crippen LogP contribution in [-0.2, 0) is 6.54 Å². The zero-order valence-corrected chi connectivity index (χ0v) is 13.1. The summed E-state index contributed by atoms with van der Waals surface area (Å²) in [5, 5.41) is 0. The average Bonchev–Trinajstić information content (AvgIpc) is 3.03. The second kappa shape index (κ2) is 5.41. The molecule has 3 rings (SSSR count). The third-order valence-electron chi connectivity index (χ3n) is 3.47. The summed E-state index contributed by atoms with van der Waals surface area (Å²) >= 11 is 1.65. The molecule has 0 aliphatic carbocycles. The van der Waals surface area contributed by atoms with E-state index in [1.165, 1.54) is 0 Å². The maximum Gasteiger partial charge on any atom is 0.255 e. The summed E-state index contributed by atoms with van der Waals surface area (Å²) in [6.45, 7) is 4.82. The maximum atomic E-state index is 12.5. The molecule has 0 radical (unpaired) electrons. The molecule has 1 aromatic carbocycles. The summed E-state index contributed by atoms with van der Waals surface area (Å²) < 4.78 is 10.7. The Morgan fingerprint density at radius 3 is 2.71 bits per heavy atom. The monoisotopic (exact) mass is 303 g/mol. The second-order valence-corrected chi connectivity index (χ2v) is 6.64. The van der Waals surface area contributed by atoms with Crippen molar-refractivity contribution < 1.29 is 14.3 Å². The Kier molecular flexibility index (Phi) is 3.59. The van der Waals surface area contributed by atoms with Crippen LogP contribution in [-0.4, -0.2) is 24.6 Å². The van der Waals surface area contributed by atoms with Gasteiger partial charge in [0.2, 0.25) is 6.79 Å². The lowest BCUT2D eigenvalue weighted by molar-refractivity contribution is 0.0785. The number of nitrogens with zero attached hydrogens (tertiary/aromatic N) is 1. The van der Waals surface area contributed by atoms with Crippen LogP contribution in [0.1, 0.15) is 25.7 Å². The van der Waals surface area contributed by atoms with Crippen LogP contribution in [0.2, 0.25) is 0 Å². The quantitative estimate of drug-likeness (QED) is 0.872. The van der Waals surface area contributed by atoms with E-state index in [2.05, 4.69) is 0 Å². The summed E-state index contributed by atoms with van der Waals surface area (Å²) in [5.74, 6) is 1.56. The molecule has 1 amide bonds. The Morgan fingerprint density at radius 2 is 2.00 bits per heavy atom. The van der Waals surface area contributed by atoms with E-state index in [0.717, 1.165) is 32.4 Å². The number of ether oxygens (including phenoxy) is 2. The van der Waals surface area contributed by atoms with Gasteiger partial charge in [-0.25, -0.2) is 0 Å². The van der Waals surface area contributed by atoms with E-state index in [-0.39, 0.29) is 12.7 Å². The molecule has 110 valence electrons. The molecular weight excluding hydrogens is 286 g/mol. The fourth-order valence-electron chi connectivity index (χ4n) is 2.43. The lowest BCUT2D eigenvalue weighted by Gasteiger charge is -2.17. The smallest absolute Gasteiger partial charge is 0.255 e. The molecule has 0 spiro atoms. The molecule has 2 heterocycles. The van der Waals surface area contributed by atoms with Gasteiger partial charge in [0.1, 0.15) is 0 Å². The molecule has 1 aliphatic heterocycles. The molecule has 0 bridgehead atoms. The first kappa shape index (κ1) is 13.9. The molecule has 0 unspecified atom stereocenters. The zero-order chi connectivity index (χ0) is 15.0. The molecule has 0 saturated heterocycles. The molecule has 2 aromatic rings. The van der Waals surface area contributed by atoms with Gasteiger partial charge < -0.3 is 14.4 Å². The number of thiophene rings is 1. The number of carbonyl (C=O) groups excluding carboxylic acids is 1. The van der Waals surface area contributed by atoms with E-state index in [1.807, 2.05) is 45.2 Å². The SMILES string of the molecule is Cc1cc(C(=O)N(C)Cc2ccc3c(c2)OCO3)c(C)s1. The van der Waals surface area contributed by atoms with Crippen molar-refractivity contribution in [3.05, 3.63) is 45.1 Å². The molecule has 5 heteroatoms. The van der Waals surface area contributed by atoms with Gasteiger partial charge in [0.05, 0.1) is 5.56 Å². The van der Waals surface area contributed by atoms with Gasteiger partial charge in [-0.3, -0.25) is 4.79 Å². The molecule has 4 nitrogen and oxygen atoms in total. The standard InChI is InChI=1S/C16H17NO3S/c1-10-6-13(11(2)21-10)16(18)17(3)8-12-4-5-14-15(7-12)20-9-19-14/h4-7H,8-9H2,1-3H3. The number of rotatable bonds is 3. The van der Waals surface area contributed by atoms with Crippen molar-refractivity contribution in [3.8, 4) is 11.5 Å². The van der Waals surface area contributed by atoms with Crippen molar-refractivity contribution >= 4 is 17.2 Å². The van der Waals surface area contributed by atoms with Crippen LogP contribution in [0.15, 0.2) is 24.3 Å². The highest BCUT2D eigenvalue weighted by Gasteiger charge is 2.18. The van der Waals surface area contributed by atoms with E-state index >= 15 is 0 Å². The normalized spacial score (nSPS) is 12.5. The molecule has 0 saturated carbocycles. The lowest BCUT2D eigenvalue weighted by atomic mass is 10.1. The van der Waals surface area contributed by atoms with Crippen molar-refractivity contribution in [1.29, 1.82) is 0 Å². The first-order chi connectivity index (χ1) is 10.0. The minimum absolute atomic E-state index is 0.0505. The van der Waals surface area contributed by atoms with Gasteiger partial charge in [-0.15, -0.1) is 11.3 Å². The summed E-state index contributed by atoms with van der Waals surface area (Å²) in [6.07, 6.45) is 0. The summed E-state index contributed by atoms with van der Waals surface area (Å²) in [5.41, 5.74) is 1.82. The minimum Gasteiger partial charge on any atom is -0.454 e. The van der Waals surface area contributed by atoms with Crippen LogP contribution in [0.4, 0.5) is 0 Å². The van der Waals surface area contributed by atoms with Crippen molar-refractivity contribution in [2.24, 2.45) is 0 Å². The topological polar surface area (TPSA) is 38.8 Å². The largest absolute Gasteiger partial charge is 0.454 e. The average molecular weight is 303 g/mol. The van der Waals surface area contributed by atoms with E-state index in [0.29, 0.717) is 6.54 Å². The van der Waals surface area contributed by atoms with Crippen LogP contribution in [0, 0.1) is 13.8 Å². The van der Waals surface area contributed by atoms with Gasteiger partial charge in [-0.05, 0) is 37.6 Å². The summed E-state index contributed by atoms with van der Waals surface area (Å²) in [7, 11) is 1.82. The highest BCUT2D eigenvalue weighted by molar-refractivity contribution is 7.12. The number of amides is 1. The van der Waals surface area contributed by atoms with Crippen LogP contribution in [0.25, 0.3) is 0 Å². The van der Waals surface area contributed by atoms with E-state index < -0.39 is 0 Å². The molecule has 1 aromatic heterocycles. The first-order valence-electron chi connectivity index (χ1n) is 6.75. The van der Waals surface area contributed by atoms with Gasteiger partial charge in [-0.2, -0.15) is 0 Å². The lowest BCUT2D eigenvalue weighted by Crippen LogP contribution is -2.26. The summed E-state index contributed by atoms with van der Waals surface area (Å²) in [6, 6.07) is 7.73. The van der Waals surface area contributed by atoms with Crippen LogP contribution < -0.4 is 9.47 Å².